The summed E-state index contributed by atoms with van der Waals surface area (Å²) in [4.78, 5) is 22.9. The van der Waals surface area contributed by atoms with Gasteiger partial charge >= 0.3 is 0 Å². The van der Waals surface area contributed by atoms with Gasteiger partial charge in [-0.2, -0.15) is 0 Å². The summed E-state index contributed by atoms with van der Waals surface area (Å²) in [6.45, 7) is -0.199. The molecule has 0 saturated heterocycles. The van der Waals surface area contributed by atoms with Crippen molar-refractivity contribution in [2.45, 2.75) is 32.1 Å². The van der Waals surface area contributed by atoms with Gasteiger partial charge < -0.3 is 10.6 Å². The molecule has 1 amide bonds. The van der Waals surface area contributed by atoms with Crippen LogP contribution in [0.4, 0.5) is 24.7 Å². The Bertz CT molecular complexity index is 1050. The third-order valence-corrected chi connectivity index (χ3v) is 5.93. The van der Waals surface area contributed by atoms with E-state index in [2.05, 4.69) is 20.6 Å². The maximum atomic E-state index is 13.7. The summed E-state index contributed by atoms with van der Waals surface area (Å²) >= 11 is 1.65. The Morgan fingerprint density at radius 1 is 1.07 bits per heavy atom. The van der Waals surface area contributed by atoms with Crippen LogP contribution in [0.15, 0.2) is 18.5 Å². The minimum atomic E-state index is -1.62. The maximum Gasteiger partial charge on any atom is 0.243 e. The Kier molecular flexibility index (Phi) is 5.17. The van der Waals surface area contributed by atoms with Gasteiger partial charge in [0, 0.05) is 4.88 Å². The predicted octanol–water partition coefficient (Wildman–Crippen LogP) is 4.43. The monoisotopic (exact) mass is 406 g/mol. The Morgan fingerprint density at radius 2 is 1.89 bits per heavy atom. The van der Waals surface area contributed by atoms with E-state index < -0.39 is 29.0 Å². The minimum Gasteiger partial charge on any atom is -0.360 e. The Hall–Kier alpha value is -2.68. The van der Waals surface area contributed by atoms with E-state index in [0.717, 1.165) is 48.0 Å². The first kappa shape index (κ1) is 18.7. The lowest BCUT2D eigenvalue weighted by atomic mass is 10.1. The molecule has 2 heterocycles. The molecular formula is C19H17F3N4OS. The lowest BCUT2D eigenvalue weighted by molar-refractivity contribution is -0.114. The van der Waals surface area contributed by atoms with Crippen LogP contribution in [0.25, 0.3) is 10.2 Å². The molecule has 0 spiro atoms. The number of amides is 1. The molecule has 0 atom stereocenters. The van der Waals surface area contributed by atoms with Crippen molar-refractivity contribution in [3.63, 3.8) is 0 Å². The molecule has 0 radical (unpaired) electrons. The quantitative estimate of drug-likeness (QED) is 0.497. The molecule has 1 aliphatic carbocycles. The number of hydrogen-bond donors (Lipinski definition) is 2. The number of anilines is 2. The van der Waals surface area contributed by atoms with Gasteiger partial charge in [0.25, 0.3) is 0 Å². The first-order valence-electron chi connectivity index (χ1n) is 8.97. The number of rotatable bonds is 4. The fraction of sp³-hybridized carbons (Fsp3) is 0.316. The summed E-state index contributed by atoms with van der Waals surface area (Å²) in [5.41, 5.74) is 0.815. The number of carbonyl (C=O) groups excluding carboxylic acids is 1. The van der Waals surface area contributed by atoms with E-state index >= 15 is 0 Å². The van der Waals surface area contributed by atoms with Crippen molar-refractivity contribution in [2.24, 2.45) is 0 Å². The molecule has 1 aromatic carbocycles. The third-order valence-electron chi connectivity index (χ3n) is 4.73. The number of benzene rings is 1. The van der Waals surface area contributed by atoms with Crippen molar-refractivity contribution in [1.82, 2.24) is 9.97 Å². The number of aryl methyl sites for hydroxylation is 2. The van der Waals surface area contributed by atoms with E-state index in [0.29, 0.717) is 5.82 Å². The second kappa shape index (κ2) is 7.75. The van der Waals surface area contributed by atoms with Crippen molar-refractivity contribution in [1.29, 1.82) is 0 Å². The molecule has 2 N–H and O–H groups in total. The van der Waals surface area contributed by atoms with E-state index in [1.807, 2.05) is 0 Å². The summed E-state index contributed by atoms with van der Waals surface area (Å²) in [6.07, 6.45) is 6.84. The highest BCUT2D eigenvalue weighted by molar-refractivity contribution is 7.18. The SMILES string of the molecule is O=C(CNc1ncnc2sc3c(c12)CCCCC3)Nc1ccc(F)c(F)c1F. The molecule has 146 valence electrons. The Labute approximate surface area is 163 Å². The van der Waals surface area contributed by atoms with E-state index in [9.17, 15) is 18.0 Å². The van der Waals surface area contributed by atoms with Gasteiger partial charge in [-0.05, 0) is 43.4 Å². The van der Waals surface area contributed by atoms with Crippen LogP contribution in [0.3, 0.4) is 0 Å². The van der Waals surface area contributed by atoms with Gasteiger partial charge in [-0.15, -0.1) is 11.3 Å². The van der Waals surface area contributed by atoms with Crippen LogP contribution in [0.1, 0.15) is 29.7 Å². The lowest BCUT2D eigenvalue weighted by Gasteiger charge is -2.10. The summed E-state index contributed by atoms with van der Waals surface area (Å²) in [7, 11) is 0. The Balaban J connectivity index is 1.52. The fourth-order valence-corrected chi connectivity index (χ4v) is 4.61. The summed E-state index contributed by atoms with van der Waals surface area (Å²) in [6, 6.07) is 1.74. The zero-order valence-electron chi connectivity index (χ0n) is 14.8. The molecule has 28 heavy (non-hydrogen) atoms. The number of nitrogens with zero attached hydrogens (tertiary/aromatic N) is 2. The number of aromatic nitrogens is 2. The van der Waals surface area contributed by atoms with Gasteiger partial charge in [0.1, 0.15) is 17.0 Å². The van der Waals surface area contributed by atoms with Crippen LogP contribution in [-0.2, 0) is 17.6 Å². The van der Waals surface area contributed by atoms with Crippen molar-refractivity contribution >= 4 is 39.0 Å². The average molecular weight is 406 g/mol. The molecule has 3 aromatic rings. The van der Waals surface area contributed by atoms with Gasteiger partial charge in [0.05, 0.1) is 17.6 Å². The van der Waals surface area contributed by atoms with Crippen LogP contribution in [0.5, 0.6) is 0 Å². The fourth-order valence-electron chi connectivity index (χ4n) is 3.38. The summed E-state index contributed by atoms with van der Waals surface area (Å²) in [5, 5.41) is 6.13. The number of nitrogens with one attached hydrogen (secondary N) is 2. The molecule has 1 aliphatic rings. The number of thiophene rings is 1. The predicted molar refractivity (Wildman–Crippen MR) is 102 cm³/mol. The highest BCUT2D eigenvalue weighted by Gasteiger charge is 2.20. The first-order valence-corrected chi connectivity index (χ1v) is 9.78. The zero-order chi connectivity index (χ0) is 19.7. The highest BCUT2D eigenvalue weighted by atomic mass is 32.1. The largest absolute Gasteiger partial charge is 0.360 e. The molecule has 9 heteroatoms. The smallest absolute Gasteiger partial charge is 0.243 e. The molecule has 0 fully saturated rings. The lowest BCUT2D eigenvalue weighted by Crippen LogP contribution is -2.23. The zero-order valence-corrected chi connectivity index (χ0v) is 15.6. The standard InChI is InChI=1S/C19H17F3N4OS/c20-11-6-7-12(17(22)16(11)21)26-14(27)8-23-18-15-10-4-2-1-3-5-13(10)28-19(15)25-9-24-18/h6-7,9H,1-5,8H2,(H,26,27)(H,23,24,25). The van der Waals surface area contributed by atoms with Crippen LogP contribution < -0.4 is 10.6 Å². The molecular weight excluding hydrogens is 389 g/mol. The van der Waals surface area contributed by atoms with Gasteiger partial charge in [0.2, 0.25) is 5.91 Å². The topological polar surface area (TPSA) is 66.9 Å². The van der Waals surface area contributed by atoms with Crippen LogP contribution >= 0.6 is 11.3 Å². The van der Waals surface area contributed by atoms with Gasteiger partial charge in [0.15, 0.2) is 17.5 Å². The van der Waals surface area contributed by atoms with Crippen molar-refractivity contribution < 1.29 is 18.0 Å². The van der Waals surface area contributed by atoms with Crippen molar-refractivity contribution in [2.75, 3.05) is 17.2 Å². The molecule has 4 rings (SSSR count). The van der Waals surface area contributed by atoms with Crippen LogP contribution in [-0.4, -0.2) is 22.4 Å². The molecule has 2 aromatic heterocycles. The molecule has 0 unspecified atom stereocenters. The maximum absolute atomic E-state index is 13.7. The average Bonchev–Trinajstić information content (AvgIpc) is 2.89. The molecule has 0 bridgehead atoms. The van der Waals surface area contributed by atoms with Crippen LogP contribution in [0.2, 0.25) is 0 Å². The summed E-state index contributed by atoms with van der Waals surface area (Å²) in [5.74, 6) is -4.41. The second-order valence-electron chi connectivity index (χ2n) is 6.59. The third kappa shape index (κ3) is 3.54. The van der Waals surface area contributed by atoms with Gasteiger partial charge in [-0.25, -0.2) is 23.1 Å². The van der Waals surface area contributed by atoms with E-state index in [1.165, 1.54) is 23.2 Å². The second-order valence-corrected chi connectivity index (χ2v) is 7.68. The van der Waals surface area contributed by atoms with E-state index in [1.54, 1.807) is 11.3 Å². The Morgan fingerprint density at radius 3 is 2.75 bits per heavy atom. The molecule has 5 nitrogen and oxygen atoms in total. The molecule has 0 aliphatic heterocycles. The number of halogens is 3. The summed E-state index contributed by atoms with van der Waals surface area (Å²) < 4.78 is 40.0. The van der Waals surface area contributed by atoms with E-state index in [4.69, 9.17) is 0 Å². The van der Waals surface area contributed by atoms with Gasteiger partial charge in [-0.3, -0.25) is 4.79 Å². The number of hydrogen-bond acceptors (Lipinski definition) is 5. The van der Waals surface area contributed by atoms with E-state index in [-0.39, 0.29) is 6.54 Å². The minimum absolute atomic E-state index is 0.199. The highest BCUT2D eigenvalue weighted by Crippen LogP contribution is 2.37. The number of fused-ring (bicyclic) bond motifs is 3. The first-order chi connectivity index (χ1) is 13.5. The van der Waals surface area contributed by atoms with Crippen molar-refractivity contribution in [3.05, 3.63) is 46.4 Å². The van der Waals surface area contributed by atoms with Crippen molar-refractivity contribution in [3.8, 4) is 0 Å². The van der Waals surface area contributed by atoms with Crippen LogP contribution in [0, 0.1) is 17.5 Å². The normalized spacial score (nSPS) is 13.8. The molecule has 0 saturated carbocycles. The number of carbonyl (C=O) groups is 1. The van der Waals surface area contributed by atoms with Gasteiger partial charge in [-0.1, -0.05) is 6.42 Å².